The standard InChI is InChI=1S/C14H18/c1-5-11(2)9-13(4)14-8-6-7-12(3)10-14/h6-10H,4-5H2,1-3H3/b11-9-. The molecule has 0 heteroatoms. The van der Waals surface area contributed by atoms with E-state index in [0.29, 0.717) is 0 Å². The van der Waals surface area contributed by atoms with Gasteiger partial charge in [0.1, 0.15) is 0 Å². The molecule has 0 N–H and O–H groups in total. The van der Waals surface area contributed by atoms with E-state index < -0.39 is 0 Å². The summed E-state index contributed by atoms with van der Waals surface area (Å²) in [5, 5.41) is 0. The van der Waals surface area contributed by atoms with Crippen molar-refractivity contribution >= 4 is 5.57 Å². The quantitative estimate of drug-likeness (QED) is 0.615. The van der Waals surface area contributed by atoms with Gasteiger partial charge in [0.15, 0.2) is 0 Å². The van der Waals surface area contributed by atoms with Crippen LogP contribution in [0.25, 0.3) is 5.57 Å². The fourth-order valence-electron chi connectivity index (χ4n) is 1.33. The van der Waals surface area contributed by atoms with Crippen molar-refractivity contribution < 1.29 is 0 Å². The van der Waals surface area contributed by atoms with Gasteiger partial charge in [0.05, 0.1) is 0 Å². The van der Waals surface area contributed by atoms with Gasteiger partial charge in [-0.1, -0.05) is 55.0 Å². The number of hydrogen-bond donors (Lipinski definition) is 0. The van der Waals surface area contributed by atoms with E-state index >= 15 is 0 Å². The predicted molar refractivity (Wildman–Crippen MR) is 64.3 cm³/mol. The van der Waals surface area contributed by atoms with Crippen molar-refractivity contribution in [3.63, 3.8) is 0 Å². The Kier molecular flexibility index (Phi) is 3.70. The molecule has 0 bridgehead atoms. The van der Waals surface area contributed by atoms with Gasteiger partial charge in [0.25, 0.3) is 0 Å². The van der Waals surface area contributed by atoms with E-state index in [4.69, 9.17) is 0 Å². The summed E-state index contributed by atoms with van der Waals surface area (Å²) in [6, 6.07) is 8.45. The third-order valence-corrected chi connectivity index (χ3v) is 2.37. The minimum atomic E-state index is 1.09. The SMILES string of the molecule is C=C(/C=C(/C)CC)c1cccc(C)c1. The van der Waals surface area contributed by atoms with Crippen molar-refractivity contribution in [3.8, 4) is 0 Å². The molecule has 0 radical (unpaired) electrons. The first-order valence-corrected chi connectivity index (χ1v) is 5.06. The van der Waals surface area contributed by atoms with Gasteiger partial charge in [-0.05, 0) is 31.4 Å². The van der Waals surface area contributed by atoms with E-state index in [1.807, 2.05) is 0 Å². The number of aryl methyl sites for hydroxylation is 1. The molecule has 0 aliphatic rings. The normalized spacial score (nSPS) is 11.5. The van der Waals surface area contributed by atoms with E-state index in [-0.39, 0.29) is 0 Å². The fraction of sp³-hybridized carbons (Fsp3) is 0.286. The molecular weight excluding hydrogens is 168 g/mol. The van der Waals surface area contributed by atoms with Crippen molar-refractivity contribution in [1.29, 1.82) is 0 Å². The van der Waals surface area contributed by atoms with Crippen LogP contribution >= 0.6 is 0 Å². The van der Waals surface area contributed by atoms with Crippen molar-refractivity contribution in [2.45, 2.75) is 27.2 Å². The molecule has 0 fully saturated rings. The second kappa shape index (κ2) is 4.80. The van der Waals surface area contributed by atoms with Crippen molar-refractivity contribution in [3.05, 3.63) is 53.6 Å². The topological polar surface area (TPSA) is 0 Å². The zero-order chi connectivity index (χ0) is 10.6. The van der Waals surface area contributed by atoms with Crippen molar-refractivity contribution in [1.82, 2.24) is 0 Å². The number of hydrogen-bond acceptors (Lipinski definition) is 0. The van der Waals surface area contributed by atoms with Crippen LogP contribution < -0.4 is 0 Å². The lowest BCUT2D eigenvalue weighted by atomic mass is 10.0. The molecule has 0 aromatic heterocycles. The lowest BCUT2D eigenvalue weighted by Gasteiger charge is -2.03. The van der Waals surface area contributed by atoms with E-state index in [0.717, 1.165) is 12.0 Å². The first-order chi connectivity index (χ1) is 6.63. The maximum Gasteiger partial charge on any atom is -0.0187 e. The van der Waals surface area contributed by atoms with Crippen LogP contribution in [0.3, 0.4) is 0 Å². The molecule has 0 heterocycles. The molecule has 0 aliphatic heterocycles. The van der Waals surface area contributed by atoms with Crippen LogP contribution in [-0.2, 0) is 0 Å². The van der Waals surface area contributed by atoms with Crippen LogP contribution in [0, 0.1) is 6.92 Å². The largest absolute Gasteiger partial charge is 0.0912 e. The molecule has 0 unspecified atom stereocenters. The Bertz CT molecular complexity index is 356. The van der Waals surface area contributed by atoms with Crippen LogP contribution in [-0.4, -0.2) is 0 Å². The Labute approximate surface area is 87.0 Å². The van der Waals surface area contributed by atoms with Gasteiger partial charge in [0, 0.05) is 0 Å². The van der Waals surface area contributed by atoms with Crippen molar-refractivity contribution in [2.75, 3.05) is 0 Å². The summed E-state index contributed by atoms with van der Waals surface area (Å²) in [5.41, 5.74) is 4.98. The van der Waals surface area contributed by atoms with Crippen molar-refractivity contribution in [2.24, 2.45) is 0 Å². The van der Waals surface area contributed by atoms with Crippen LogP contribution in [0.1, 0.15) is 31.4 Å². The summed E-state index contributed by atoms with van der Waals surface area (Å²) in [5.74, 6) is 0. The zero-order valence-electron chi connectivity index (χ0n) is 9.30. The Hall–Kier alpha value is -1.30. The second-order valence-corrected chi connectivity index (χ2v) is 3.74. The minimum Gasteiger partial charge on any atom is -0.0912 e. The summed E-state index contributed by atoms with van der Waals surface area (Å²) in [4.78, 5) is 0. The van der Waals surface area contributed by atoms with Gasteiger partial charge in [-0.2, -0.15) is 0 Å². The lowest BCUT2D eigenvalue weighted by molar-refractivity contribution is 1.10. The van der Waals surface area contributed by atoms with Crippen LogP contribution in [0.5, 0.6) is 0 Å². The molecule has 0 aliphatic carbocycles. The third kappa shape index (κ3) is 2.88. The molecule has 0 nitrogen and oxygen atoms in total. The molecule has 1 aromatic rings. The number of allylic oxidation sites excluding steroid dienone is 3. The van der Waals surface area contributed by atoms with Gasteiger partial charge in [-0.15, -0.1) is 0 Å². The van der Waals surface area contributed by atoms with Crippen LogP contribution in [0.4, 0.5) is 0 Å². The van der Waals surface area contributed by atoms with E-state index in [9.17, 15) is 0 Å². The molecule has 0 saturated heterocycles. The highest BCUT2D eigenvalue weighted by atomic mass is 14.0. The van der Waals surface area contributed by atoms with Gasteiger partial charge >= 0.3 is 0 Å². The third-order valence-electron chi connectivity index (χ3n) is 2.37. The maximum absolute atomic E-state index is 4.08. The molecule has 74 valence electrons. The predicted octanol–water partition coefficient (Wildman–Crippen LogP) is 4.36. The minimum absolute atomic E-state index is 1.09. The summed E-state index contributed by atoms with van der Waals surface area (Å²) in [6.07, 6.45) is 3.25. The average Bonchev–Trinajstić information content (AvgIpc) is 2.17. The fourth-order valence-corrected chi connectivity index (χ4v) is 1.33. The first kappa shape index (κ1) is 10.8. The van der Waals surface area contributed by atoms with Gasteiger partial charge in [0.2, 0.25) is 0 Å². The smallest absolute Gasteiger partial charge is 0.0187 e. The monoisotopic (exact) mass is 186 g/mol. The molecule has 1 rings (SSSR count). The molecule has 0 atom stereocenters. The Morgan fingerprint density at radius 3 is 2.71 bits per heavy atom. The van der Waals surface area contributed by atoms with Crippen LogP contribution in [0.2, 0.25) is 0 Å². The van der Waals surface area contributed by atoms with E-state index in [2.05, 4.69) is 57.7 Å². The van der Waals surface area contributed by atoms with Gasteiger partial charge in [-0.25, -0.2) is 0 Å². The van der Waals surface area contributed by atoms with Gasteiger partial charge in [-0.3, -0.25) is 0 Å². The summed E-state index contributed by atoms with van der Waals surface area (Å²) in [7, 11) is 0. The average molecular weight is 186 g/mol. The second-order valence-electron chi connectivity index (χ2n) is 3.74. The zero-order valence-corrected chi connectivity index (χ0v) is 9.30. The highest BCUT2D eigenvalue weighted by Gasteiger charge is 1.95. The molecular formula is C14H18. The molecule has 1 aromatic carbocycles. The summed E-state index contributed by atoms with van der Waals surface area (Å²) < 4.78 is 0. The molecule has 0 amide bonds. The van der Waals surface area contributed by atoms with E-state index in [1.54, 1.807) is 0 Å². The molecule has 14 heavy (non-hydrogen) atoms. The Morgan fingerprint density at radius 2 is 2.14 bits per heavy atom. The Balaban J connectivity index is 2.90. The number of benzene rings is 1. The molecule has 0 saturated carbocycles. The first-order valence-electron chi connectivity index (χ1n) is 5.06. The summed E-state index contributed by atoms with van der Waals surface area (Å²) >= 11 is 0. The highest BCUT2D eigenvalue weighted by Crippen LogP contribution is 2.17. The Morgan fingerprint density at radius 1 is 1.43 bits per heavy atom. The van der Waals surface area contributed by atoms with E-state index in [1.165, 1.54) is 16.7 Å². The lowest BCUT2D eigenvalue weighted by Crippen LogP contribution is -1.82. The summed E-state index contributed by atoms with van der Waals surface area (Å²) in [6.45, 7) is 10.5. The van der Waals surface area contributed by atoms with Crippen LogP contribution in [0.15, 0.2) is 42.5 Å². The highest BCUT2D eigenvalue weighted by molar-refractivity contribution is 5.72. The molecule has 0 spiro atoms. The maximum atomic E-state index is 4.08. The number of rotatable bonds is 3. The van der Waals surface area contributed by atoms with Gasteiger partial charge < -0.3 is 0 Å².